The summed E-state index contributed by atoms with van der Waals surface area (Å²) >= 11 is 6.89. The van der Waals surface area contributed by atoms with Gasteiger partial charge < -0.3 is 0 Å². The molecule has 2 saturated heterocycles. The highest BCUT2D eigenvalue weighted by Crippen LogP contribution is 2.36. The number of thioether (sulfide) groups is 1. The predicted molar refractivity (Wildman–Crippen MR) is 175 cm³/mol. The van der Waals surface area contributed by atoms with Crippen LogP contribution in [-0.4, -0.2) is 57.3 Å². The molecule has 10 heteroatoms. The summed E-state index contributed by atoms with van der Waals surface area (Å²) in [6, 6.07) is 16.7. The van der Waals surface area contributed by atoms with Crippen molar-refractivity contribution in [2.24, 2.45) is 5.92 Å². The summed E-state index contributed by atoms with van der Waals surface area (Å²) in [7, 11) is -3.63. The molecule has 0 bridgehead atoms. The maximum atomic E-state index is 13.5. The standard InChI is InChI=1S/C32H38N4O3S3/c1-3-4-5-6-10-18-35-31(37)29(41-32(35)40)22-26-23-36(27-13-8-7-9-14-27)33-30(26)25-12-11-15-28(21-25)42(38,39)34-19-16-24(2)17-20-34/h7-9,11-15,21-24H,3-6,10,16-20H2,1-2H3/b29-22+. The fourth-order valence-electron chi connectivity index (χ4n) is 5.32. The van der Waals surface area contributed by atoms with E-state index >= 15 is 0 Å². The molecule has 0 saturated carbocycles. The van der Waals surface area contributed by atoms with Gasteiger partial charge >= 0.3 is 0 Å². The number of nitrogens with zero attached hydrogens (tertiary/aromatic N) is 4. The largest absolute Gasteiger partial charge is 0.293 e. The van der Waals surface area contributed by atoms with Gasteiger partial charge in [-0.25, -0.2) is 13.1 Å². The van der Waals surface area contributed by atoms with Gasteiger partial charge in [-0.3, -0.25) is 9.69 Å². The second kappa shape index (κ2) is 13.7. The predicted octanol–water partition coefficient (Wildman–Crippen LogP) is 7.13. The van der Waals surface area contributed by atoms with Gasteiger partial charge in [-0.2, -0.15) is 9.40 Å². The van der Waals surface area contributed by atoms with E-state index in [9.17, 15) is 13.2 Å². The maximum Gasteiger partial charge on any atom is 0.266 e. The second-order valence-electron chi connectivity index (χ2n) is 11.1. The molecule has 222 valence electrons. The summed E-state index contributed by atoms with van der Waals surface area (Å²) in [6.45, 7) is 6.03. The maximum absolute atomic E-state index is 13.5. The zero-order chi connectivity index (χ0) is 29.7. The topological polar surface area (TPSA) is 75.5 Å². The number of piperidine rings is 1. The van der Waals surface area contributed by atoms with Crippen molar-refractivity contribution in [3.8, 4) is 16.9 Å². The van der Waals surface area contributed by atoms with Gasteiger partial charge in [0, 0.05) is 37.0 Å². The van der Waals surface area contributed by atoms with Crippen molar-refractivity contribution in [3.05, 3.63) is 71.3 Å². The highest BCUT2D eigenvalue weighted by molar-refractivity contribution is 8.26. The van der Waals surface area contributed by atoms with Crippen molar-refractivity contribution in [2.75, 3.05) is 19.6 Å². The third-order valence-electron chi connectivity index (χ3n) is 7.90. The molecule has 42 heavy (non-hydrogen) atoms. The Balaban J connectivity index is 1.47. The highest BCUT2D eigenvalue weighted by atomic mass is 32.2. The van der Waals surface area contributed by atoms with Gasteiger partial charge in [0.05, 0.1) is 15.5 Å². The lowest BCUT2D eigenvalue weighted by Crippen LogP contribution is -2.37. The van der Waals surface area contributed by atoms with E-state index in [2.05, 4.69) is 13.8 Å². The average molecular weight is 623 g/mol. The molecule has 0 radical (unpaired) electrons. The monoisotopic (exact) mass is 622 g/mol. The lowest BCUT2D eigenvalue weighted by molar-refractivity contribution is -0.122. The smallest absolute Gasteiger partial charge is 0.266 e. The number of rotatable bonds is 11. The Morgan fingerprint density at radius 2 is 1.76 bits per heavy atom. The number of hydrogen-bond acceptors (Lipinski definition) is 6. The SMILES string of the molecule is CCCCCCCN1C(=O)/C(=C\c2cn(-c3ccccc3)nc2-c2cccc(S(=O)(=O)N3CCC(C)CC3)c2)SC1=S. The minimum absolute atomic E-state index is 0.0884. The highest BCUT2D eigenvalue weighted by Gasteiger charge is 2.32. The number of carbonyl (C=O) groups is 1. The Morgan fingerprint density at radius 1 is 1.02 bits per heavy atom. The third-order valence-corrected chi connectivity index (χ3v) is 11.2. The number of unbranched alkanes of at least 4 members (excludes halogenated alkanes) is 4. The first kappa shape index (κ1) is 30.7. The van der Waals surface area contributed by atoms with Crippen LogP contribution in [0.15, 0.2) is 70.6 Å². The van der Waals surface area contributed by atoms with Crippen LogP contribution in [0, 0.1) is 5.92 Å². The first-order chi connectivity index (χ1) is 20.3. The van der Waals surface area contributed by atoms with E-state index in [0.717, 1.165) is 43.4 Å². The summed E-state index contributed by atoms with van der Waals surface area (Å²) < 4.78 is 31.0. The molecule has 0 aliphatic carbocycles. The third kappa shape index (κ3) is 6.88. The lowest BCUT2D eigenvalue weighted by atomic mass is 10.0. The summed E-state index contributed by atoms with van der Waals surface area (Å²) in [6.07, 6.45) is 11.0. The number of thiocarbonyl (C=S) groups is 1. The van der Waals surface area contributed by atoms with Crippen molar-refractivity contribution >= 4 is 50.3 Å². The molecular formula is C32H38N4O3S3. The fraction of sp³-hybridized carbons (Fsp3) is 0.406. The Kier molecular flexibility index (Phi) is 9.98. The minimum Gasteiger partial charge on any atom is -0.293 e. The molecule has 2 aromatic carbocycles. The molecular weight excluding hydrogens is 585 g/mol. The zero-order valence-electron chi connectivity index (χ0n) is 24.2. The molecule has 2 fully saturated rings. The molecule has 5 rings (SSSR count). The van der Waals surface area contributed by atoms with Gasteiger partial charge in [0.25, 0.3) is 5.91 Å². The molecule has 1 amide bonds. The minimum atomic E-state index is -3.63. The van der Waals surface area contributed by atoms with Crippen LogP contribution in [0.2, 0.25) is 0 Å². The first-order valence-corrected chi connectivity index (χ1v) is 17.5. The van der Waals surface area contributed by atoms with E-state index in [1.807, 2.05) is 48.7 Å². The summed E-state index contributed by atoms with van der Waals surface area (Å²) in [5.41, 5.74) is 2.87. The second-order valence-corrected chi connectivity index (χ2v) is 14.7. The molecule has 3 aromatic rings. The van der Waals surface area contributed by atoms with Gasteiger partial charge in [-0.05, 0) is 55.5 Å². The average Bonchev–Trinajstić information content (AvgIpc) is 3.54. The normalized spacial score (nSPS) is 18.0. The fourth-order valence-corrected chi connectivity index (χ4v) is 8.13. The van der Waals surface area contributed by atoms with E-state index < -0.39 is 10.0 Å². The number of sulfonamides is 1. The van der Waals surface area contributed by atoms with Crippen molar-refractivity contribution in [1.29, 1.82) is 0 Å². The molecule has 7 nitrogen and oxygen atoms in total. The molecule has 2 aliphatic heterocycles. The van der Waals surface area contributed by atoms with E-state index in [1.54, 1.807) is 32.1 Å². The molecule has 0 atom stereocenters. The van der Waals surface area contributed by atoms with Gasteiger partial charge in [0.2, 0.25) is 10.0 Å². The van der Waals surface area contributed by atoms with Crippen molar-refractivity contribution < 1.29 is 13.2 Å². The van der Waals surface area contributed by atoms with Crippen LogP contribution in [-0.2, 0) is 14.8 Å². The molecule has 0 N–H and O–H groups in total. The van der Waals surface area contributed by atoms with Gasteiger partial charge in [0.15, 0.2) is 0 Å². The molecule has 0 spiro atoms. The van der Waals surface area contributed by atoms with Crippen molar-refractivity contribution in [2.45, 2.75) is 63.7 Å². The Morgan fingerprint density at radius 3 is 2.50 bits per heavy atom. The zero-order valence-corrected chi connectivity index (χ0v) is 26.7. The van der Waals surface area contributed by atoms with E-state index in [-0.39, 0.29) is 10.8 Å². The van der Waals surface area contributed by atoms with E-state index in [4.69, 9.17) is 17.3 Å². The van der Waals surface area contributed by atoms with Crippen LogP contribution in [0.1, 0.15) is 64.4 Å². The lowest BCUT2D eigenvalue weighted by Gasteiger charge is -2.29. The molecule has 3 heterocycles. The Labute approximate surface area is 259 Å². The van der Waals surface area contributed by atoms with Crippen LogP contribution >= 0.6 is 24.0 Å². The van der Waals surface area contributed by atoms with E-state index in [0.29, 0.717) is 46.0 Å². The molecule has 2 aliphatic rings. The summed E-state index contributed by atoms with van der Waals surface area (Å²) in [4.78, 5) is 15.9. The first-order valence-electron chi connectivity index (χ1n) is 14.8. The van der Waals surface area contributed by atoms with Crippen molar-refractivity contribution in [3.63, 3.8) is 0 Å². The van der Waals surface area contributed by atoms with E-state index in [1.165, 1.54) is 24.6 Å². The van der Waals surface area contributed by atoms with Gasteiger partial charge in [0.1, 0.15) is 10.0 Å². The van der Waals surface area contributed by atoms with Crippen LogP contribution in [0.3, 0.4) is 0 Å². The van der Waals surface area contributed by atoms with Crippen LogP contribution in [0.5, 0.6) is 0 Å². The van der Waals surface area contributed by atoms with Crippen molar-refractivity contribution in [1.82, 2.24) is 19.0 Å². The number of aromatic nitrogens is 2. The number of carbonyl (C=O) groups excluding carboxylic acids is 1. The molecule has 0 unspecified atom stereocenters. The summed E-state index contributed by atoms with van der Waals surface area (Å²) in [5.74, 6) is 0.441. The number of amides is 1. The number of hydrogen-bond donors (Lipinski definition) is 0. The molecule has 1 aromatic heterocycles. The number of benzene rings is 2. The van der Waals surface area contributed by atoms with Crippen LogP contribution in [0.25, 0.3) is 23.0 Å². The van der Waals surface area contributed by atoms with Crippen LogP contribution < -0.4 is 0 Å². The summed E-state index contributed by atoms with van der Waals surface area (Å²) in [5, 5.41) is 4.88. The van der Waals surface area contributed by atoms with Gasteiger partial charge in [-0.15, -0.1) is 0 Å². The number of para-hydroxylation sites is 1. The van der Waals surface area contributed by atoms with Crippen LogP contribution in [0.4, 0.5) is 0 Å². The van der Waals surface area contributed by atoms with Gasteiger partial charge in [-0.1, -0.05) is 93.8 Å². The Bertz CT molecular complexity index is 1560. The Hall–Kier alpha value is -2.79. The quantitative estimate of drug-likeness (QED) is 0.129.